The zero-order chi connectivity index (χ0) is 16.5. The molecule has 8 heteroatoms. The molecule has 0 aliphatic heterocycles. The van der Waals surface area contributed by atoms with Gasteiger partial charge in [-0.15, -0.1) is 0 Å². The Bertz CT molecular complexity index is 727. The number of hydrogen-bond acceptors (Lipinski definition) is 4. The third-order valence-electron chi connectivity index (χ3n) is 3.23. The lowest BCUT2D eigenvalue weighted by Crippen LogP contribution is -2.39. The van der Waals surface area contributed by atoms with E-state index in [1.807, 2.05) is 0 Å². The summed E-state index contributed by atoms with van der Waals surface area (Å²) < 4.78 is 38.4. The molecule has 0 spiro atoms. The average Bonchev–Trinajstić information content (AvgIpc) is 2.36. The van der Waals surface area contributed by atoms with E-state index in [1.54, 1.807) is 25.1 Å². The van der Waals surface area contributed by atoms with Crippen LogP contribution in [0.2, 0.25) is 0 Å². The van der Waals surface area contributed by atoms with E-state index in [2.05, 4.69) is 4.98 Å². The number of aliphatic hydroxyl groups is 1. The molecule has 22 heavy (non-hydrogen) atoms. The van der Waals surface area contributed by atoms with Gasteiger partial charge in [-0.1, -0.05) is 6.07 Å². The van der Waals surface area contributed by atoms with Gasteiger partial charge in [0.1, 0.15) is 5.65 Å². The molecule has 2 heterocycles. The molecule has 0 saturated carbocycles. The maximum Gasteiger partial charge on any atom is 0.415 e. The van der Waals surface area contributed by atoms with Crippen molar-refractivity contribution in [2.45, 2.75) is 25.7 Å². The summed E-state index contributed by atoms with van der Waals surface area (Å²) in [6.45, 7) is 1.22. The Kier molecular flexibility index (Phi) is 4.52. The summed E-state index contributed by atoms with van der Waals surface area (Å²) in [5.74, 6) is 0. The molecule has 0 bridgehead atoms. The number of hydrogen-bond donors (Lipinski definition) is 1. The molecule has 1 unspecified atom stereocenters. The molecular weight excluding hydrogens is 299 g/mol. The molecule has 0 amide bonds. The van der Waals surface area contributed by atoms with Gasteiger partial charge < -0.3 is 5.11 Å². The Morgan fingerprint density at radius 3 is 2.73 bits per heavy atom. The normalized spacial score (nSPS) is 13.8. The topological polar surface area (TPSA) is 57.8 Å². The highest BCUT2D eigenvalue weighted by molar-refractivity contribution is 5.40. The number of likely N-dealkylation sites (N-methyl/N-ethyl adjacent to an activating group) is 1. The lowest BCUT2D eigenvalue weighted by Gasteiger charge is -2.21. The lowest BCUT2D eigenvalue weighted by molar-refractivity contribution is -0.207. The van der Waals surface area contributed by atoms with E-state index in [9.17, 15) is 18.0 Å². The zero-order valence-electron chi connectivity index (χ0n) is 12.1. The van der Waals surface area contributed by atoms with E-state index in [1.165, 1.54) is 22.4 Å². The lowest BCUT2D eigenvalue weighted by atomic mass is 10.3. The number of aromatic nitrogens is 2. The van der Waals surface area contributed by atoms with Gasteiger partial charge >= 0.3 is 6.18 Å². The molecular formula is C14H16F3N3O2. The third kappa shape index (κ3) is 3.63. The minimum absolute atomic E-state index is 0.0345. The van der Waals surface area contributed by atoms with Crippen LogP contribution in [0.3, 0.4) is 0 Å². The molecule has 0 saturated heterocycles. The number of fused-ring (bicyclic) bond motifs is 1. The van der Waals surface area contributed by atoms with Crippen LogP contribution in [-0.2, 0) is 6.54 Å². The summed E-state index contributed by atoms with van der Waals surface area (Å²) in [4.78, 5) is 17.6. The van der Waals surface area contributed by atoms with Crippen LogP contribution in [0.15, 0.2) is 29.1 Å². The molecule has 120 valence electrons. The molecule has 0 aromatic carbocycles. The van der Waals surface area contributed by atoms with Crippen molar-refractivity contribution in [3.8, 4) is 0 Å². The van der Waals surface area contributed by atoms with Gasteiger partial charge in [0, 0.05) is 24.8 Å². The maximum atomic E-state index is 12.3. The van der Waals surface area contributed by atoms with E-state index in [4.69, 9.17) is 5.11 Å². The third-order valence-corrected chi connectivity index (χ3v) is 3.23. The first kappa shape index (κ1) is 16.4. The predicted molar refractivity (Wildman–Crippen MR) is 74.6 cm³/mol. The fourth-order valence-corrected chi connectivity index (χ4v) is 2.18. The van der Waals surface area contributed by atoms with E-state index < -0.39 is 18.8 Å². The van der Waals surface area contributed by atoms with Gasteiger partial charge in [-0.05, 0) is 26.1 Å². The van der Waals surface area contributed by atoms with Crippen LogP contribution in [0.1, 0.15) is 11.4 Å². The fourth-order valence-electron chi connectivity index (χ4n) is 2.18. The van der Waals surface area contributed by atoms with Crippen molar-refractivity contribution in [2.75, 3.05) is 13.6 Å². The number of alkyl halides is 3. The first-order valence-electron chi connectivity index (χ1n) is 6.60. The highest BCUT2D eigenvalue weighted by Gasteiger charge is 2.38. The van der Waals surface area contributed by atoms with Crippen LogP contribution < -0.4 is 5.56 Å². The van der Waals surface area contributed by atoms with Crippen LogP contribution in [0.5, 0.6) is 0 Å². The van der Waals surface area contributed by atoms with Gasteiger partial charge in [0.25, 0.3) is 5.56 Å². The number of rotatable bonds is 4. The average molecular weight is 315 g/mol. The predicted octanol–water partition coefficient (Wildman–Crippen LogP) is 1.36. The van der Waals surface area contributed by atoms with Crippen LogP contribution in [0.25, 0.3) is 5.65 Å². The van der Waals surface area contributed by atoms with Gasteiger partial charge in [0.15, 0.2) is 6.10 Å². The zero-order valence-corrected chi connectivity index (χ0v) is 12.1. The minimum Gasteiger partial charge on any atom is -0.382 e. The smallest absolute Gasteiger partial charge is 0.382 e. The quantitative estimate of drug-likeness (QED) is 0.925. The van der Waals surface area contributed by atoms with Crippen LogP contribution in [0.4, 0.5) is 13.2 Å². The Morgan fingerprint density at radius 1 is 1.41 bits per heavy atom. The second-order valence-electron chi connectivity index (χ2n) is 5.20. The number of aryl methyl sites for hydroxylation is 1. The second-order valence-corrected chi connectivity index (χ2v) is 5.20. The van der Waals surface area contributed by atoms with Crippen molar-refractivity contribution in [3.63, 3.8) is 0 Å². The van der Waals surface area contributed by atoms with Crippen LogP contribution in [0, 0.1) is 6.92 Å². The number of halogens is 3. The number of aliphatic hydroxyl groups excluding tert-OH is 1. The SMILES string of the molecule is Cc1cccc2nc(CN(C)CC(O)C(F)(F)F)cc(=O)n12. The van der Waals surface area contributed by atoms with Gasteiger partial charge in [0.05, 0.1) is 5.69 Å². The number of nitrogens with zero attached hydrogens (tertiary/aromatic N) is 3. The van der Waals surface area contributed by atoms with Crippen molar-refractivity contribution >= 4 is 5.65 Å². The monoisotopic (exact) mass is 315 g/mol. The van der Waals surface area contributed by atoms with Gasteiger partial charge in [-0.3, -0.25) is 14.1 Å². The molecule has 0 aliphatic rings. The molecule has 0 aliphatic carbocycles. The molecule has 1 atom stereocenters. The maximum absolute atomic E-state index is 12.3. The van der Waals surface area contributed by atoms with Crippen molar-refractivity contribution < 1.29 is 18.3 Å². The van der Waals surface area contributed by atoms with Crippen molar-refractivity contribution in [1.29, 1.82) is 0 Å². The molecule has 2 rings (SSSR count). The summed E-state index contributed by atoms with van der Waals surface area (Å²) in [7, 11) is 1.43. The van der Waals surface area contributed by atoms with E-state index in [0.717, 1.165) is 5.69 Å². The molecule has 1 N–H and O–H groups in total. The Hall–Kier alpha value is -1.93. The molecule has 2 aromatic heterocycles. The molecule has 0 fully saturated rings. The molecule has 0 radical (unpaired) electrons. The minimum atomic E-state index is -4.66. The van der Waals surface area contributed by atoms with Crippen molar-refractivity contribution in [1.82, 2.24) is 14.3 Å². The molecule has 2 aromatic rings. The van der Waals surface area contributed by atoms with E-state index in [0.29, 0.717) is 11.3 Å². The largest absolute Gasteiger partial charge is 0.415 e. The number of pyridine rings is 1. The fraction of sp³-hybridized carbons (Fsp3) is 0.429. The first-order chi connectivity index (χ1) is 10.2. The Labute approximate surface area is 124 Å². The summed E-state index contributed by atoms with van der Waals surface area (Å²) in [6.07, 6.45) is -7.09. The summed E-state index contributed by atoms with van der Waals surface area (Å²) in [5, 5.41) is 9.04. The van der Waals surface area contributed by atoms with Gasteiger partial charge in [-0.2, -0.15) is 13.2 Å². The van der Waals surface area contributed by atoms with Gasteiger partial charge in [0.2, 0.25) is 0 Å². The van der Waals surface area contributed by atoms with Gasteiger partial charge in [-0.25, -0.2) is 4.98 Å². The van der Waals surface area contributed by atoms with E-state index >= 15 is 0 Å². The second kappa shape index (κ2) is 6.05. The Balaban J connectivity index is 2.20. The summed E-state index contributed by atoms with van der Waals surface area (Å²) in [5.41, 5.74) is 1.23. The Morgan fingerprint density at radius 2 is 2.09 bits per heavy atom. The summed E-state index contributed by atoms with van der Waals surface area (Å²) in [6, 6.07) is 6.46. The van der Waals surface area contributed by atoms with Crippen LogP contribution >= 0.6 is 0 Å². The van der Waals surface area contributed by atoms with Crippen LogP contribution in [-0.4, -0.2) is 45.3 Å². The highest BCUT2D eigenvalue weighted by Crippen LogP contribution is 2.20. The summed E-state index contributed by atoms with van der Waals surface area (Å²) >= 11 is 0. The first-order valence-corrected chi connectivity index (χ1v) is 6.60. The van der Waals surface area contributed by atoms with Crippen molar-refractivity contribution in [3.05, 3.63) is 46.0 Å². The standard InChI is InChI=1S/C14H16F3N3O2/c1-9-4-3-5-12-18-10(6-13(22)20(9)12)7-19(2)8-11(21)14(15,16)17/h3-6,11,21H,7-8H2,1-2H3. The van der Waals surface area contributed by atoms with E-state index in [-0.39, 0.29) is 12.1 Å². The highest BCUT2D eigenvalue weighted by atomic mass is 19.4. The molecule has 5 nitrogen and oxygen atoms in total. The van der Waals surface area contributed by atoms with Crippen molar-refractivity contribution in [2.24, 2.45) is 0 Å².